The van der Waals surface area contributed by atoms with Crippen LogP contribution in [0.15, 0.2) is 55.0 Å². The molecule has 0 saturated heterocycles. The number of carbonyl (C=O) groups excluding carboxylic acids is 1. The summed E-state index contributed by atoms with van der Waals surface area (Å²) in [5.41, 5.74) is 5.04. The highest BCUT2D eigenvalue weighted by Gasteiger charge is 2.16. The molecule has 4 aromatic rings. The predicted octanol–water partition coefficient (Wildman–Crippen LogP) is 5.07. The van der Waals surface area contributed by atoms with Gasteiger partial charge in [-0.2, -0.15) is 0 Å². The zero-order valence-corrected chi connectivity index (χ0v) is 15.7. The van der Waals surface area contributed by atoms with Crippen molar-refractivity contribution in [1.82, 2.24) is 14.5 Å². The normalized spacial score (nSPS) is 11.1. The summed E-state index contributed by atoms with van der Waals surface area (Å²) in [5, 5.41) is 1.61. The maximum Gasteiger partial charge on any atom is 0.338 e. The van der Waals surface area contributed by atoms with Gasteiger partial charge >= 0.3 is 5.97 Å². The highest BCUT2D eigenvalue weighted by molar-refractivity contribution is 6.30. The number of aromatic amines is 1. The van der Waals surface area contributed by atoms with Gasteiger partial charge in [0.25, 0.3) is 0 Å². The van der Waals surface area contributed by atoms with Crippen molar-refractivity contribution in [1.29, 1.82) is 0 Å². The first kappa shape index (κ1) is 17.4. The largest absolute Gasteiger partial charge is 0.462 e. The molecule has 0 bridgehead atoms. The van der Waals surface area contributed by atoms with Gasteiger partial charge in [0.05, 0.1) is 29.7 Å². The van der Waals surface area contributed by atoms with Crippen LogP contribution in [0.3, 0.4) is 0 Å². The van der Waals surface area contributed by atoms with Gasteiger partial charge in [-0.3, -0.25) is 0 Å². The molecule has 0 radical (unpaired) electrons. The molecule has 0 aliphatic rings. The third kappa shape index (κ3) is 3.34. The first-order valence-corrected chi connectivity index (χ1v) is 9.01. The molecule has 2 aromatic carbocycles. The van der Waals surface area contributed by atoms with Gasteiger partial charge in [0.2, 0.25) is 0 Å². The molecule has 0 aliphatic heterocycles. The van der Waals surface area contributed by atoms with Crippen molar-refractivity contribution < 1.29 is 9.53 Å². The zero-order chi connectivity index (χ0) is 19.0. The molecule has 0 spiro atoms. The van der Waals surface area contributed by atoms with E-state index in [-0.39, 0.29) is 5.97 Å². The minimum atomic E-state index is -0.342. The highest BCUT2D eigenvalue weighted by Crippen LogP contribution is 2.33. The third-order valence-corrected chi connectivity index (χ3v) is 4.63. The maximum absolute atomic E-state index is 12.3. The van der Waals surface area contributed by atoms with Gasteiger partial charge < -0.3 is 14.3 Å². The highest BCUT2D eigenvalue weighted by atomic mass is 35.5. The summed E-state index contributed by atoms with van der Waals surface area (Å²) in [6.45, 7) is 2.13. The van der Waals surface area contributed by atoms with Crippen LogP contribution in [-0.4, -0.2) is 27.1 Å². The number of H-pyrrole nitrogens is 1. The van der Waals surface area contributed by atoms with Crippen molar-refractivity contribution in [2.75, 3.05) is 6.61 Å². The number of fused-ring (bicyclic) bond motifs is 1. The van der Waals surface area contributed by atoms with Crippen LogP contribution in [0.4, 0.5) is 0 Å². The molecule has 2 aromatic heterocycles. The van der Waals surface area contributed by atoms with Crippen LogP contribution in [0.25, 0.3) is 33.4 Å². The molecule has 0 fully saturated rings. The molecule has 0 saturated carbocycles. The first-order chi connectivity index (χ1) is 13.0. The fourth-order valence-corrected chi connectivity index (χ4v) is 3.24. The Morgan fingerprint density at radius 3 is 2.67 bits per heavy atom. The lowest BCUT2D eigenvalue weighted by Gasteiger charge is -2.06. The second kappa shape index (κ2) is 6.93. The molecule has 5 nitrogen and oxygen atoms in total. The van der Waals surface area contributed by atoms with Gasteiger partial charge in [-0.15, -0.1) is 0 Å². The van der Waals surface area contributed by atoms with Crippen LogP contribution in [0, 0.1) is 0 Å². The number of carbonyl (C=O) groups is 1. The summed E-state index contributed by atoms with van der Waals surface area (Å²) in [6, 6.07) is 13.3. The summed E-state index contributed by atoms with van der Waals surface area (Å²) < 4.78 is 7.06. The number of halogens is 1. The minimum absolute atomic E-state index is 0.332. The fourth-order valence-electron chi connectivity index (χ4n) is 3.12. The topological polar surface area (TPSA) is 59.9 Å². The summed E-state index contributed by atoms with van der Waals surface area (Å²) in [7, 11) is 1.91. The van der Waals surface area contributed by atoms with E-state index in [2.05, 4.69) is 9.97 Å². The standard InChI is InChI=1S/C21H18ClN3O2/c1-3-27-21(26)15-8-14-10-18(13-4-6-16(22)7-5-13)24-20(14)17(9-15)19-11-25(2)12-23-19/h4-12,24H,3H2,1-2H3. The number of nitrogens with one attached hydrogen (secondary N) is 1. The molecule has 27 heavy (non-hydrogen) atoms. The van der Waals surface area contributed by atoms with Crippen molar-refractivity contribution in [2.45, 2.75) is 6.92 Å². The fraction of sp³-hybridized carbons (Fsp3) is 0.143. The molecule has 4 rings (SSSR count). The molecular weight excluding hydrogens is 362 g/mol. The molecule has 6 heteroatoms. The predicted molar refractivity (Wildman–Crippen MR) is 107 cm³/mol. The summed E-state index contributed by atoms with van der Waals surface area (Å²) >= 11 is 6.00. The average molecular weight is 380 g/mol. The minimum Gasteiger partial charge on any atom is -0.462 e. The van der Waals surface area contributed by atoms with Crippen LogP contribution in [0.5, 0.6) is 0 Å². The van der Waals surface area contributed by atoms with E-state index in [0.29, 0.717) is 17.2 Å². The second-order valence-corrected chi connectivity index (χ2v) is 6.76. The number of aryl methyl sites for hydroxylation is 1. The summed E-state index contributed by atoms with van der Waals surface area (Å²) in [5.74, 6) is -0.342. The van der Waals surface area contributed by atoms with Crippen LogP contribution in [-0.2, 0) is 11.8 Å². The average Bonchev–Trinajstić information content (AvgIpc) is 3.27. The summed E-state index contributed by atoms with van der Waals surface area (Å²) in [4.78, 5) is 20.2. The zero-order valence-electron chi connectivity index (χ0n) is 15.0. The molecule has 0 atom stereocenters. The molecule has 0 aliphatic carbocycles. The third-order valence-electron chi connectivity index (χ3n) is 4.38. The van der Waals surface area contributed by atoms with Gasteiger partial charge in [0.1, 0.15) is 0 Å². The molecule has 0 unspecified atom stereocenters. The van der Waals surface area contributed by atoms with Crippen molar-refractivity contribution in [3.8, 4) is 22.5 Å². The van der Waals surface area contributed by atoms with Crippen LogP contribution in [0.2, 0.25) is 5.02 Å². The lowest BCUT2D eigenvalue weighted by Crippen LogP contribution is -2.04. The summed E-state index contributed by atoms with van der Waals surface area (Å²) in [6.07, 6.45) is 3.66. The van der Waals surface area contributed by atoms with E-state index >= 15 is 0 Å². The van der Waals surface area contributed by atoms with E-state index in [4.69, 9.17) is 16.3 Å². The van der Waals surface area contributed by atoms with Crippen molar-refractivity contribution in [3.05, 3.63) is 65.6 Å². The molecule has 0 amide bonds. The first-order valence-electron chi connectivity index (χ1n) is 8.63. The van der Waals surface area contributed by atoms with E-state index in [0.717, 1.165) is 33.4 Å². The number of hydrogen-bond acceptors (Lipinski definition) is 3. The Morgan fingerprint density at radius 1 is 1.22 bits per heavy atom. The Balaban J connectivity index is 1.91. The van der Waals surface area contributed by atoms with E-state index in [1.165, 1.54) is 0 Å². The van der Waals surface area contributed by atoms with Gasteiger partial charge in [-0.25, -0.2) is 9.78 Å². The number of ether oxygens (including phenoxy) is 1. The second-order valence-electron chi connectivity index (χ2n) is 6.32. The lowest BCUT2D eigenvalue weighted by molar-refractivity contribution is 0.0526. The monoisotopic (exact) mass is 379 g/mol. The number of aromatic nitrogens is 3. The Labute approximate surface area is 161 Å². The number of rotatable bonds is 4. The number of esters is 1. The van der Waals surface area contributed by atoms with Crippen molar-refractivity contribution in [3.63, 3.8) is 0 Å². The van der Waals surface area contributed by atoms with E-state index < -0.39 is 0 Å². The number of nitrogens with zero attached hydrogens (tertiary/aromatic N) is 2. The van der Waals surface area contributed by atoms with Crippen molar-refractivity contribution >= 4 is 28.5 Å². The van der Waals surface area contributed by atoms with E-state index in [9.17, 15) is 4.79 Å². The van der Waals surface area contributed by atoms with Crippen molar-refractivity contribution in [2.24, 2.45) is 7.05 Å². The molecule has 2 heterocycles. The van der Waals surface area contributed by atoms with Gasteiger partial charge in [-0.05, 0) is 42.8 Å². The van der Waals surface area contributed by atoms with E-state index in [1.54, 1.807) is 13.3 Å². The van der Waals surface area contributed by atoms with E-state index in [1.807, 2.05) is 60.3 Å². The number of imidazole rings is 1. The Morgan fingerprint density at radius 2 is 2.00 bits per heavy atom. The number of benzene rings is 2. The Hall–Kier alpha value is -3.05. The maximum atomic E-state index is 12.3. The Bertz CT molecular complexity index is 1130. The molecule has 136 valence electrons. The molecule has 1 N–H and O–H groups in total. The Kier molecular flexibility index (Phi) is 4.46. The quantitative estimate of drug-likeness (QED) is 0.504. The molecular formula is C21H18ClN3O2. The van der Waals surface area contributed by atoms with Gasteiger partial charge in [-0.1, -0.05) is 23.7 Å². The van der Waals surface area contributed by atoms with Crippen LogP contribution < -0.4 is 0 Å². The van der Waals surface area contributed by atoms with Crippen LogP contribution in [0.1, 0.15) is 17.3 Å². The SMILES string of the molecule is CCOC(=O)c1cc(-c2cn(C)cn2)c2[nH]c(-c3ccc(Cl)cc3)cc2c1. The van der Waals surface area contributed by atoms with Gasteiger partial charge in [0, 0.05) is 34.9 Å². The van der Waals surface area contributed by atoms with Crippen LogP contribution >= 0.6 is 11.6 Å². The number of hydrogen-bond donors (Lipinski definition) is 1. The lowest BCUT2D eigenvalue weighted by atomic mass is 10.0. The van der Waals surface area contributed by atoms with Gasteiger partial charge in [0.15, 0.2) is 0 Å². The smallest absolute Gasteiger partial charge is 0.338 e.